The van der Waals surface area contributed by atoms with Crippen LogP contribution in [-0.2, 0) is 4.79 Å². The number of hydrogen-bond acceptors (Lipinski definition) is 1. The number of aliphatic carboxylic acids is 1. The molecule has 90 valence electrons. The van der Waals surface area contributed by atoms with Crippen LogP contribution < -0.4 is 0 Å². The first-order chi connectivity index (χ1) is 7.33. The standard InChI is InChI=1S/C14H22O2/c1-13(2)8-10(13)6-7-14(3)9-11(14)4-5-12(15)16/h4-5,10-11H,6-9H2,1-3H3,(H,15,16)/b5-4+. The van der Waals surface area contributed by atoms with Crippen LogP contribution in [0.15, 0.2) is 12.2 Å². The molecule has 0 radical (unpaired) electrons. The molecule has 0 aromatic rings. The van der Waals surface area contributed by atoms with Gasteiger partial charge in [0.2, 0.25) is 0 Å². The van der Waals surface area contributed by atoms with Crippen molar-refractivity contribution in [2.24, 2.45) is 22.7 Å². The molecule has 16 heavy (non-hydrogen) atoms. The lowest BCUT2D eigenvalue weighted by Gasteiger charge is -2.10. The van der Waals surface area contributed by atoms with E-state index in [1.807, 2.05) is 6.08 Å². The van der Waals surface area contributed by atoms with Crippen LogP contribution in [0.2, 0.25) is 0 Å². The van der Waals surface area contributed by atoms with Crippen LogP contribution in [-0.4, -0.2) is 11.1 Å². The second kappa shape index (κ2) is 3.61. The summed E-state index contributed by atoms with van der Waals surface area (Å²) in [4.78, 5) is 10.4. The van der Waals surface area contributed by atoms with Gasteiger partial charge in [-0.1, -0.05) is 26.8 Å². The van der Waals surface area contributed by atoms with Gasteiger partial charge in [0.15, 0.2) is 0 Å². The molecule has 3 unspecified atom stereocenters. The number of carbonyl (C=O) groups is 1. The predicted molar refractivity (Wildman–Crippen MR) is 64.1 cm³/mol. The van der Waals surface area contributed by atoms with Crippen molar-refractivity contribution >= 4 is 5.97 Å². The smallest absolute Gasteiger partial charge is 0.327 e. The van der Waals surface area contributed by atoms with E-state index in [-0.39, 0.29) is 0 Å². The zero-order valence-electron chi connectivity index (χ0n) is 10.5. The van der Waals surface area contributed by atoms with E-state index in [0.717, 1.165) is 5.92 Å². The van der Waals surface area contributed by atoms with E-state index >= 15 is 0 Å². The van der Waals surface area contributed by atoms with Crippen LogP contribution in [0.3, 0.4) is 0 Å². The third-order valence-corrected chi connectivity index (χ3v) is 4.67. The molecule has 0 aromatic heterocycles. The zero-order valence-corrected chi connectivity index (χ0v) is 10.5. The Balaban J connectivity index is 1.73. The summed E-state index contributed by atoms with van der Waals surface area (Å²) in [6, 6.07) is 0. The van der Waals surface area contributed by atoms with Crippen molar-refractivity contribution in [3.63, 3.8) is 0 Å². The average molecular weight is 222 g/mol. The Morgan fingerprint density at radius 3 is 2.50 bits per heavy atom. The summed E-state index contributed by atoms with van der Waals surface area (Å²) < 4.78 is 0. The van der Waals surface area contributed by atoms with Gasteiger partial charge in [0.05, 0.1) is 0 Å². The maximum Gasteiger partial charge on any atom is 0.327 e. The summed E-state index contributed by atoms with van der Waals surface area (Å²) in [6.07, 6.45) is 8.30. The SMILES string of the molecule is CC1(C)CC1CCC1(C)CC1/C=C/C(=O)O. The van der Waals surface area contributed by atoms with Crippen molar-refractivity contribution in [2.45, 2.75) is 46.5 Å². The fourth-order valence-electron chi connectivity index (χ4n) is 2.80. The molecular formula is C14H22O2. The van der Waals surface area contributed by atoms with Crippen molar-refractivity contribution in [1.82, 2.24) is 0 Å². The Morgan fingerprint density at radius 2 is 2.00 bits per heavy atom. The van der Waals surface area contributed by atoms with Crippen LogP contribution in [0, 0.1) is 22.7 Å². The van der Waals surface area contributed by atoms with Gasteiger partial charge in [-0.3, -0.25) is 0 Å². The Labute approximate surface area is 97.7 Å². The molecule has 2 aliphatic carbocycles. The van der Waals surface area contributed by atoms with Gasteiger partial charge in [0, 0.05) is 6.08 Å². The van der Waals surface area contributed by atoms with Crippen LogP contribution in [0.25, 0.3) is 0 Å². The summed E-state index contributed by atoms with van der Waals surface area (Å²) in [5.41, 5.74) is 0.974. The Hall–Kier alpha value is -0.790. The van der Waals surface area contributed by atoms with Gasteiger partial charge in [0.25, 0.3) is 0 Å². The molecule has 3 atom stereocenters. The van der Waals surface area contributed by atoms with Gasteiger partial charge in [-0.15, -0.1) is 0 Å². The highest BCUT2D eigenvalue weighted by Gasteiger charge is 2.51. The highest BCUT2D eigenvalue weighted by Crippen LogP contribution is 2.61. The topological polar surface area (TPSA) is 37.3 Å². The zero-order chi connectivity index (χ0) is 12.0. The lowest BCUT2D eigenvalue weighted by molar-refractivity contribution is -0.131. The number of carboxylic acids is 1. The minimum Gasteiger partial charge on any atom is -0.478 e. The lowest BCUT2D eigenvalue weighted by atomic mass is 9.95. The van der Waals surface area contributed by atoms with Gasteiger partial charge in [-0.25, -0.2) is 4.79 Å². The maximum atomic E-state index is 10.4. The fraction of sp³-hybridized carbons (Fsp3) is 0.786. The Bertz CT molecular complexity index is 330. The number of hydrogen-bond donors (Lipinski definition) is 1. The number of rotatable bonds is 5. The normalized spacial score (nSPS) is 39.9. The summed E-state index contributed by atoms with van der Waals surface area (Å²) in [5, 5.41) is 8.57. The van der Waals surface area contributed by atoms with Crippen LogP contribution in [0.5, 0.6) is 0 Å². The molecule has 2 nitrogen and oxygen atoms in total. The first kappa shape index (κ1) is 11.7. The van der Waals surface area contributed by atoms with E-state index < -0.39 is 5.97 Å². The molecule has 0 aliphatic heterocycles. The first-order valence-electron chi connectivity index (χ1n) is 6.25. The second-order valence-corrected chi connectivity index (χ2v) is 6.59. The summed E-state index contributed by atoms with van der Waals surface area (Å²) in [5.74, 6) is 0.595. The molecule has 0 bridgehead atoms. The second-order valence-electron chi connectivity index (χ2n) is 6.59. The van der Waals surface area contributed by atoms with Crippen LogP contribution >= 0.6 is 0 Å². The van der Waals surface area contributed by atoms with Crippen molar-refractivity contribution in [3.8, 4) is 0 Å². The number of allylic oxidation sites excluding steroid dienone is 1. The molecule has 0 aromatic carbocycles. The summed E-state index contributed by atoms with van der Waals surface area (Å²) >= 11 is 0. The average Bonchev–Trinajstić information content (AvgIpc) is 2.98. The van der Waals surface area contributed by atoms with E-state index in [1.165, 1.54) is 31.8 Å². The highest BCUT2D eigenvalue weighted by atomic mass is 16.4. The van der Waals surface area contributed by atoms with Gasteiger partial charge in [-0.2, -0.15) is 0 Å². The van der Waals surface area contributed by atoms with Gasteiger partial charge in [-0.05, 0) is 48.3 Å². The van der Waals surface area contributed by atoms with Crippen LogP contribution in [0.4, 0.5) is 0 Å². The largest absolute Gasteiger partial charge is 0.478 e. The molecule has 2 rings (SSSR count). The highest BCUT2D eigenvalue weighted by molar-refractivity contribution is 5.79. The molecule has 2 aliphatic rings. The van der Waals surface area contributed by atoms with E-state index in [4.69, 9.17) is 5.11 Å². The molecule has 0 heterocycles. The van der Waals surface area contributed by atoms with Gasteiger partial charge < -0.3 is 5.11 Å². The molecular weight excluding hydrogens is 200 g/mol. The summed E-state index contributed by atoms with van der Waals surface area (Å²) in [7, 11) is 0. The molecule has 0 saturated heterocycles. The van der Waals surface area contributed by atoms with E-state index in [2.05, 4.69) is 20.8 Å². The Kier molecular flexibility index (Phi) is 2.64. The Morgan fingerprint density at radius 1 is 1.38 bits per heavy atom. The number of carboxylic acid groups (broad SMARTS) is 1. The molecule has 2 heteroatoms. The molecule has 1 N–H and O–H groups in total. The molecule has 0 amide bonds. The third kappa shape index (κ3) is 2.47. The van der Waals surface area contributed by atoms with Crippen molar-refractivity contribution < 1.29 is 9.90 Å². The monoisotopic (exact) mass is 222 g/mol. The third-order valence-electron chi connectivity index (χ3n) is 4.67. The molecule has 2 saturated carbocycles. The summed E-state index contributed by atoms with van der Waals surface area (Å²) in [6.45, 7) is 6.97. The van der Waals surface area contributed by atoms with E-state index in [1.54, 1.807) is 0 Å². The fourth-order valence-corrected chi connectivity index (χ4v) is 2.80. The van der Waals surface area contributed by atoms with Crippen molar-refractivity contribution in [2.75, 3.05) is 0 Å². The van der Waals surface area contributed by atoms with Crippen molar-refractivity contribution in [3.05, 3.63) is 12.2 Å². The molecule has 2 fully saturated rings. The minimum absolute atomic E-state index is 0.393. The first-order valence-corrected chi connectivity index (χ1v) is 6.25. The molecule has 0 spiro atoms. The van der Waals surface area contributed by atoms with Crippen LogP contribution in [0.1, 0.15) is 46.5 Å². The van der Waals surface area contributed by atoms with Gasteiger partial charge >= 0.3 is 5.97 Å². The van der Waals surface area contributed by atoms with Crippen molar-refractivity contribution in [1.29, 1.82) is 0 Å². The maximum absolute atomic E-state index is 10.4. The van der Waals surface area contributed by atoms with E-state index in [9.17, 15) is 4.79 Å². The van der Waals surface area contributed by atoms with E-state index in [0.29, 0.717) is 16.7 Å². The lowest BCUT2D eigenvalue weighted by Crippen LogP contribution is -2.00. The van der Waals surface area contributed by atoms with Gasteiger partial charge in [0.1, 0.15) is 0 Å². The minimum atomic E-state index is -0.822. The quantitative estimate of drug-likeness (QED) is 0.723. The predicted octanol–water partition coefficient (Wildman–Crippen LogP) is 3.48.